The van der Waals surface area contributed by atoms with Crippen LogP contribution in [0.25, 0.3) is 11.1 Å². The van der Waals surface area contributed by atoms with Gasteiger partial charge in [-0.05, 0) is 23.1 Å². The Morgan fingerprint density at radius 2 is 1.65 bits per heavy atom. The molecule has 0 radical (unpaired) electrons. The molecule has 2 heterocycles. The standard InChI is InChI=1S/C29H35N3O7S/c1-29(2,3)26(25(34)28-30-22-11-7-8-12-23(22)39-28)31-27(35)21(17-24(33)32-13-15-38-16-14-32)19-40(36,37)18-20-9-5-4-6-10-20/h4-12,21,26H,13-19H2,1-3H3,(H,31,35). The van der Waals surface area contributed by atoms with E-state index in [1.54, 1.807) is 80.3 Å². The first kappa shape index (κ1) is 29.4. The van der Waals surface area contributed by atoms with Crippen molar-refractivity contribution < 1.29 is 32.0 Å². The lowest BCUT2D eigenvalue weighted by molar-refractivity contribution is -0.139. The molecule has 2 unspecified atom stereocenters. The first-order valence-corrected chi connectivity index (χ1v) is 15.0. The van der Waals surface area contributed by atoms with Crippen LogP contribution in [0.3, 0.4) is 0 Å². The number of fused-ring (bicyclic) bond motifs is 1. The van der Waals surface area contributed by atoms with Crippen LogP contribution in [0.1, 0.15) is 43.4 Å². The van der Waals surface area contributed by atoms with E-state index < -0.39 is 44.7 Å². The average Bonchev–Trinajstić information content (AvgIpc) is 3.35. The smallest absolute Gasteiger partial charge is 0.266 e. The van der Waals surface area contributed by atoms with E-state index in [9.17, 15) is 22.8 Å². The van der Waals surface area contributed by atoms with Crippen LogP contribution < -0.4 is 5.32 Å². The third-order valence-corrected chi connectivity index (χ3v) is 8.44. The minimum absolute atomic E-state index is 0.154. The third-order valence-electron chi connectivity index (χ3n) is 6.76. The van der Waals surface area contributed by atoms with Crippen molar-refractivity contribution in [3.05, 3.63) is 66.1 Å². The maximum Gasteiger partial charge on any atom is 0.266 e. The number of aromatic nitrogens is 1. The van der Waals surface area contributed by atoms with Gasteiger partial charge in [-0.1, -0.05) is 63.2 Å². The van der Waals surface area contributed by atoms with E-state index in [2.05, 4.69) is 10.3 Å². The van der Waals surface area contributed by atoms with Gasteiger partial charge in [0.25, 0.3) is 5.89 Å². The van der Waals surface area contributed by atoms with Gasteiger partial charge >= 0.3 is 0 Å². The van der Waals surface area contributed by atoms with Crippen LogP contribution in [0.4, 0.5) is 0 Å². The molecule has 1 aliphatic rings. The van der Waals surface area contributed by atoms with E-state index in [1.807, 2.05) is 0 Å². The summed E-state index contributed by atoms with van der Waals surface area (Å²) in [6.45, 7) is 6.81. The fraction of sp³-hybridized carbons (Fsp3) is 0.448. The van der Waals surface area contributed by atoms with Gasteiger partial charge in [-0.2, -0.15) is 0 Å². The zero-order valence-corrected chi connectivity index (χ0v) is 23.8. The molecule has 2 aromatic carbocycles. The molecule has 214 valence electrons. The van der Waals surface area contributed by atoms with Gasteiger partial charge in [0.1, 0.15) is 11.6 Å². The van der Waals surface area contributed by atoms with E-state index in [0.717, 1.165) is 0 Å². The van der Waals surface area contributed by atoms with E-state index in [-0.39, 0.29) is 24.0 Å². The van der Waals surface area contributed by atoms with Gasteiger partial charge in [0, 0.05) is 19.5 Å². The molecule has 1 aromatic heterocycles. The molecule has 0 bridgehead atoms. The Kier molecular flexibility index (Phi) is 9.05. The highest BCUT2D eigenvalue weighted by Crippen LogP contribution is 2.26. The molecule has 4 rings (SSSR count). The number of ketones is 1. The molecule has 40 heavy (non-hydrogen) atoms. The highest BCUT2D eigenvalue weighted by Gasteiger charge is 2.39. The number of ether oxygens (including phenoxy) is 1. The average molecular weight is 570 g/mol. The molecule has 2 amide bonds. The molecule has 1 fully saturated rings. The van der Waals surface area contributed by atoms with Gasteiger partial charge in [-0.25, -0.2) is 13.4 Å². The molecule has 1 aliphatic heterocycles. The molecule has 0 saturated carbocycles. The zero-order valence-electron chi connectivity index (χ0n) is 23.0. The normalized spacial score (nSPS) is 15.9. The van der Waals surface area contributed by atoms with Crippen molar-refractivity contribution in [1.82, 2.24) is 15.2 Å². The molecule has 1 N–H and O–H groups in total. The minimum atomic E-state index is -3.79. The van der Waals surface area contributed by atoms with Gasteiger partial charge in [0.15, 0.2) is 15.4 Å². The van der Waals surface area contributed by atoms with Crippen molar-refractivity contribution in [3.8, 4) is 0 Å². The van der Waals surface area contributed by atoms with Gasteiger partial charge in [-0.3, -0.25) is 14.4 Å². The number of nitrogens with zero attached hydrogens (tertiary/aromatic N) is 2. The number of benzene rings is 2. The van der Waals surface area contributed by atoms with Crippen molar-refractivity contribution in [3.63, 3.8) is 0 Å². The number of hydrogen-bond acceptors (Lipinski definition) is 8. The summed E-state index contributed by atoms with van der Waals surface area (Å²) in [7, 11) is -3.79. The van der Waals surface area contributed by atoms with Crippen LogP contribution in [0.2, 0.25) is 0 Å². The summed E-state index contributed by atoms with van der Waals surface area (Å²) in [4.78, 5) is 46.2. The summed E-state index contributed by atoms with van der Waals surface area (Å²) in [5, 5.41) is 2.75. The van der Waals surface area contributed by atoms with Gasteiger partial charge < -0.3 is 19.4 Å². The number of sulfone groups is 1. The molecule has 10 nitrogen and oxygen atoms in total. The predicted octanol–water partition coefficient (Wildman–Crippen LogP) is 3.02. The second-order valence-electron chi connectivity index (χ2n) is 11.1. The highest BCUT2D eigenvalue weighted by molar-refractivity contribution is 7.90. The lowest BCUT2D eigenvalue weighted by Crippen LogP contribution is -2.52. The molecule has 3 aromatic rings. The molecule has 1 saturated heterocycles. The zero-order chi connectivity index (χ0) is 28.9. The minimum Gasteiger partial charge on any atom is -0.434 e. The van der Waals surface area contributed by atoms with Crippen molar-refractivity contribution in [2.45, 2.75) is 39.0 Å². The van der Waals surface area contributed by atoms with E-state index in [0.29, 0.717) is 43.0 Å². The fourth-order valence-corrected chi connectivity index (χ4v) is 6.31. The number of carbonyl (C=O) groups excluding carboxylic acids is 3. The van der Waals surface area contributed by atoms with E-state index in [1.165, 1.54) is 0 Å². The molecular weight excluding hydrogens is 534 g/mol. The summed E-state index contributed by atoms with van der Waals surface area (Å²) in [5.41, 5.74) is 0.756. The quantitative estimate of drug-likeness (QED) is 0.368. The predicted molar refractivity (Wildman–Crippen MR) is 149 cm³/mol. The first-order chi connectivity index (χ1) is 18.9. The van der Waals surface area contributed by atoms with Crippen LogP contribution in [-0.2, 0) is 29.9 Å². The number of hydrogen-bond donors (Lipinski definition) is 1. The number of morpholine rings is 1. The second-order valence-corrected chi connectivity index (χ2v) is 13.2. The van der Waals surface area contributed by atoms with Crippen LogP contribution in [0.15, 0.2) is 59.0 Å². The Morgan fingerprint density at radius 1 is 1.00 bits per heavy atom. The molecule has 2 atom stereocenters. The number of oxazole rings is 1. The van der Waals surface area contributed by atoms with E-state index >= 15 is 0 Å². The van der Waals surface area contributed by atoms with Crippen molar-refractivity contribution in [2.75, 3.05) is 32.1 Å². The van der Waals surface area contributed by atoms with Crippen LogP contribution >= 0.6 is 0 Å². The lowest BCUT2D eigenvalue weighted by atomic mass is 9.83. The second kappa shape index (κ2) is 12.3. The summed E-state index contributed by atoms with van der Waals surface area (Å²) in [5.74, 6) is -3.74. The first-order valence-electron chi connectivity index (χ1n) is 13.2. The number of carbonyl (C=O) groups is 3. The lowest BCUT2D eigenvalue weighted by Gasteiger charge is -2.31. The van der Waals surface area contributed by atoms with Gasteiger partial charge in [0.05, 0.1) is 30.6 Å². The number of amides is 2. The maximum absolute atomic E-state index is 13.7. The third kappa shape index (κ3) is 7.54. The van der Waals surface area contributed by atoms with Crippen LogP contribution in [0, 0.1) is 11.3 Å². The summed E-state index contributed by atoms with van der Waals surface area (Å²) in [6.07, 6.45) is -0.312. The largest absolute Gasteiger partial charge is 0.434 e. The fourth-order valence-electron chi connectivity index (χ4n) is 4.61. The Morgan fingerprint density at radius 3 is 2.30 bits per heavy atom. The van der Waals surface area contributed by atoms with Gasteiger partial charge in [0.2, 0.25) is 17.6 Å². The SMILES string of the molecule is CC(C)(C)C(NC(=O)C(CC(=O)N1CCOCC1)CS(=O)(=O)Cc1ccccc1)C(=O)c1nc2ccccc2o1. The van der Waals surface area contributed by atoms with Crippen LogP contribution in [-0.4, -0.2) is 74.0 Å². The maximum atomic E-state index is 13.7. The number of para-hydroxylation sites is 2. The van der Waals surface area contributed by atoms with Crippen molar-refractivity contribution >= 4 is 38.5 Å². The topological polar surface area (TPSA) is 136 Å². The molecule has 0 aliphatic carbocycles. The monoisotopic (exact) mass is 569 g/mol. The summed E-state index contributed by atoms with van der Waals surface area (Å²) >= 11 is 0. The van der Waals surface area contributed by atoms with Gasteiger partial charge in [-0.15, -0.1) is 0 Å². The number of Topliss-reactive ketones (excluding diaryl/α,β-unsaturated/α-hetero) is 1. The van der Waals surface area contributed by atoms with Crippen molar-refractivity contribution in [2.24, 2.45) is 11.3 Å². The summed E-state index contributed by atoms with van der Waals surface area (Å²) in [6, 6.07) is 14.5. The number of rotatable bonds is 10. The molecule has 11 heteroatoms. The molecule has 0 spiro atoms. The van der Waals surface area contributed by atoms with Crippen molar-refractivity contribution in [1.29, 1.82) is 0 Å². The summed E-state index contributed by atoms with van der Waals surface area (Å²) < 4.78 is 37.4. The van der Waals surface area contributed by atoms with Crippen LogP contribution in [0.5, 0.6) is 0 Å². The Labute approximate surface area is 234 Å². The number of nitrogens with one attached hydrogen (secondary N) is 1. The highest BCUT2D eigenvalue weighted by atomic mass is 32.2. The Balaban J connectivity index is 1.58. The Bertz CT molecular complexity index is 1420. The Hall–Kier alpha value is -3.57. The van der Waals surface area contributed by atoms with E-state index in [4.69, 9.17) is 9.15 Å². The molecular formula is C29H35N3O7S.